The fourth-order valence-corrected chi connectivity index (χ4v) is 6.77. The first kappa shape index (κ1) is 41.4. The summed E-state index contributed by atoms with van der Waals surface area (Å²) in [6.07, 6.45) is 15.7. The second-order valence-electron chi connectivity index (χ2n) is 10.9. The molecule has 0 amide bonds. The van der Waals surface area contributed by atoms with Gasteiger partial charge >= 0.3 is 0 Å². The van der Waals surface area contributed by atoms with E-state index in [0.29, 0.717) is 17.7 Å². The molecule has 0 aliphatic rings. The maximum absolute atomic E-state index is 12.1. The number of benzene rings is 2. The molecule has 10 heteroatoms. The number of nitrogens with two attached hydrogens (primary N) is 1. The lowest BCUT2D eigenvalue weighted by atomic mass is 10.1. The molecule has 2 aromatic rings. The lowest BCUT2D eigenvalue weighted by Gasteiger charge is -2.08. The van der Waals surface area contributed by atoms with Gasteiger partial charge in [-0.25, -0.2) is 16.8 Å². The van der Waals surface area contributed by atoms with Crippen LogP contribution < -0.4 is 5.73 Å². The maximum atomic E-state index is 12.1. The van der Waals surface area contributed by atoms with Crippen LogP contribution in [0.25, 0.3) is 0 Å². The van der Waals surface area contributed by atoms with Gasteiger partial charge in [-0.05, 0) is 30.0 Å². The van der Waals surface area contributed by atoms with E-state index >= 15 is 0 Å². The second-order valence-corrected chi connectivity index (χ2v) is 15.9. The summed E-state index contributed by atoms with van der Waals surface area (Å²) < 4.78 is 45.3. The van der Waals surface area contributed by atoms with E-state index in [4.69, 9.17) is 21.5 Å². The van der Waals surface area contributed by atoms with Gasteiger partial charge in [-0.2, -0.15) is 0 Å². The first-order valence-corrected chi connectivity index (χ1v) is 20.0. The molecule has 0 aromatic heterocycles. The number of hydrogen-bond donors (Lipinski definition) is 3. The van der Waals surface area contributed by atoms with Crippen molar-refractivity contribution in [2.45, 2.75) is 123 Å². The van der Waals surface area contributed by atoms with Crippen LogP contribution in [0.5, 0.6) is 0 Å². The summed E-state index contributed by atoms with van der Waals surface area (Å²) in [5, 5.41) is 17.9. The highest BCUT2D eigenvalue weighted by atomic mass is 35.7. The van der Waals surface area contributed by atoms with Crippen molar-refractivity contribution < 1.29 is 27.0 Å². The average Bonchev–Trinajstić information content (AvgIpc) is 2.97. The Balaban J connectivity index is 0.000000680. The van der Waals surface area contributed by atoms with Crippen LogP contribution in [0.15, 0.2) is 48.5 Å². The van der Waals surface area contributed by atoms with Gasteiger partial charge in [0.15, 0.2) is 9.84 Å². The largest absolute Gasteiger partial charge is 0.398 e. The van der Waals surface area contributed by atoms with E-state index in [1.165, 1.54) is 51.4 Å². The van der Waals surface area contributed by atoms with Crippen molar-refractivity contribution in [2.75, 3.05) is 17.2 Å². The van der Waals surface area contributed by atoms with Crippen molar-refractivity contribution in [3.63, 3.8) is 0 Å². The molecule has 0 heterocycles. The summed E-state index contributed by atoms with van der Waals surface area (Å²) in [5.41, 5.74) is 8.35. The zero-order chi connectivity index (χ0) is 32.4. The molecule has 0 bridgehead atoms. The van der Waals surface area contributed by atoms with Crippen molar-refractivity contribution in [3.8, 4) is 0 Å². The first-order chi connectivity index (χ1) is 20.5. The van der Waals surface area contributed by atoms with Gasteiger partial charge in [0.2, 0.25) is 9.05 Å². The number of rotatable bonds is 20. The van der Waals surface area contributed by atoms with Crippen LogP contribution >= 0.6 is 10.7 Å². The van der Waals surface area contributed by atoms with Gasteiger partial charge in [0.25, 0.3) is 0 Å². The molecule has 43 heavy (non-hydrogen) atoms. The Kier molecular flexibility index (Phi) is 24.7. The number of nitrogen functional groups attached to an aromatic ring is 1. The van der Waals surface area contributed by atoms with Gasteiger partial charge in [-0.3, -0.25) is 0 Å². The monoisotopic (exact) mass is 661 g/mol. The lowest BCUT2D eigenvalue weighted by molar-refractivity contribution is 0.281. The third-order valence-electron chi connectivity index (χ3n) is 6.94. The highest BCUT2D eigenvalue weighted by Crippen LogP contribution is 2.15. The summed E-state index contributed by atoms with van der Waals surface area (Å²) in [4.78, 5) is 0. The number of hydrogen-bond acceptors (Lipinski definition) is 7. The fraction of sp³-hybridized carbons (Fsp3) is 0.636. The van der Waals surface area contributed by atoms with E-state index in [9.17, 15) is 21.9 Å². The van der Waals surface area contributed by atoms with Gasteiger partial charge in [0, 0.05) is 21.9 Å². The Bertz CT molecular complexity index is 1170. The van der Waals surface area contributed by atoms with Gasteiger partial charge in [0.05, 0.1) is 30.5 Å². The van der Waals surface area contributed by atoms with Crippen molar-refractivity contribution in [1.29, 1.82) is 0 Å². The number of sulfone groups is 1. The minimum atomic E-state index is -3.25. The molecule has 2 aromatic carbocycles. The van der Waals surface area contributed by atoms with E-state index < -0.39 is 18.9 Å². The Morgan fingerprint density at radius 1 is 0.581 bits per heavy atom. The molecule has 0 aliphatic carbocycles. The lowest BCUT2D eigenvalue weighted by Crippen LogP contribution is -2.11. The molecule has 0 fully saturated rings. The van der Waals surface area contributed by atoms with Crippen LogP contribution in [0, 0.1) is 0 Å². The molecule has 0 unspecified atom stereocenters. The Morgan fingerprint density at radius 3 is 1.40 bits per heavy atom. The molecule has 4 N–H and O–H groups in total. The highest BCUT2D eigenvalue weighted by Gasteiger charge is 2.13. The first-order valence-electron chi connectivity index (χ1n) is 15.7. The number of unbranched alkanes of at least 4 members (excludes halogenated alkanes) is 12. The van der Waals surface area contributed by atoms with Crippen LogP contribution in [0.2, 0.25) is 0 Å². The Hall–Kier alpha value is -1.65. The molecule has 248 valence electrons. The van der Waals surface area contributed by atoms with Crippen molar-refractivity contribution >= 4 is 35.3 Å². The Labute approximate surface area is 266 Å². The summed E-state index contributed by atoms with van der Waals surface area (Å²) in [7, 11) is -1.26. The topological polar surface area (TPSA) is 135 Å². The highest BCUT2D eigenvalue weighted by molar-refractivity contribution is 8.13. The molecule has 0 saturated carbocycles. The van der Waals surface area contributed by atoms with E-state index in [-0.39, 0.29) is 30.5 Å². The number of halogens is 1. The van der Waals surface area contributed by atoms with Gasteiger partial charge in [-0.1, -0.05) is 133 Å². The molecular weight excluding hydrogens is 606 g/mol. The second kappa shape index (κ2) is 25.7. The van der Waals surface area contributed by atoms with Crippen LogP contribution in [-0.2, 0) is 37.9 Å². The van der Waals surface area contributed by atoms with E-state index in [2.05, 4.69) is 13.8 Å². The molecule has 0 radical (unpaired) electrons. The minimum Gasteiger partial charge on any atom is -0.398 e. The summed E-state index contributed by atoms with van der Waals surface area (Å²) in [6.45, 7) is 4.28. The average molecular weight is 662 g/mol. The summed E-state index contributed by atoms with van der Waals surface area (Å²) >= 11 is 0. The van der Waals surface area contributed by atoms with Crippen LogP contribution in [0.3, 0.4) is 0 Å². The number of anilines is 1. The quantitative estimate of drug-likeness (QED) is 0.0745. The molecular formula is C33H56ClNO6S2. The predicted molar refractivity (Wildman–Crippen MR) is 182 cm³/mol. The third-order valence-corrected chi connectivity index (χ3v) is 9.84. The zero-order valence-corrected chi connectivity index (χ0v) is 28.7. The van der Waals surface area contributed by atoms with Crippen molar-refractivity contribution in [1.82, 2.24) is 0 Å². The van der Waals surface area contributed by atoms with Crippen LogP contribution in [-0.4, -0.2) is 38.6 Å². The number of aliphatic hydroxyl groups excluding tert-OH is 2. The van der Waals surface area contributed by atoms with Crippen molar-refractivity contribution in [3.05, 3.63) is 65.2 Å². The molecule has 0 aliphatic heterocycles. The molecule has 2 rings (SSSR count). The standard InChI is InChI=1S/C17H28O3S.C9H19ClO2S.C7H9NO/c1-2-3-4-5-6-7-10-13-21(19,20)15-17-12-9-8-11-16(17)14-18;1-2-3-4-5-6-7-8-9-13(10,11)12;8-7-4-2-1-3-6(7)5-9/h8-9,11-12,18H,2-7,10,13-15H2,1H3;2-9H2,1H3;1-4,9H,5,8H2. The SMILES string of the molecule is CCCCCCCCCS(=O)(=O)Cc1ccccc1CO.CCCCCCCCCS(=O)(=O)Cl.Nc1ccccc1CO. The molecule has 0 spiro atoms. The zero-order valence-electron chi connectivity index (χ0n) is 26.4. The van der Waals surface area contributed by atoms with Crippen LogP contribution in [0.1, 0.15) is 120 Å². The molecule has 0 saturated heterocycles. The third kappa shape index (κ3) is 24.4. The van der Waals surface area contributed by atoms with Crippen LogP contribution in [0.4, 0.5) is 5.69 Å². The normalized spacial score (nSPS) is 11.3. The molecule has 7 nitrogen and oxygen atoms in total. The molecule has 0 atom stereocenters. The number of aliphatic hydroxyl groups is 2. The van der Waals surface area contributed by atoms with Gasteiger partial charge < -0.3 is 15.9 Å². The van der Waals surface area contributed by atoms with Gasteiger partial charge in [-0.15, -0.1) is 0 Å². The maximum Gasteiger partial charge on any atom is 0.232 e. The minimum absolute atomic E-state index is 0.0205. The number of para-hydroxylation sites is 1. The predicted octanol–water partition coefficient (Wildman–Crippen LogP) is 7.91. The van der Waals surface area contributed by atoms with E-state index in [1.807, 2.05) is 24.3 Å². The fourth-order valence-electron chi connectivity index (χ4n) is 4.35. The van der Waals surface area contributed by atoms with E-state index in [0.717, 1.165) is 43.2 Å². The Morgan fingerprint density at radius 2 is 0.977 bits per heavy atom. The summed E-state index contributed by atoms with van der Waals surface area (Å²) in [5.74, 6) is 0.419. The van der Waals surface area contributed by atoms with Crippen molar-refractivity contribution in [2.24, 2.45) is 0 Å². The smallest absolute Gasteiger partial charge is 0.232 e. The van der Waals surface area contributed by atoms with E-state index in [1.54, 1.807) is 24.3 Å². The van der Waals surface area contributed by atoms with Gasteiger partial charge in [0.1, 0.15) is 0 Å². The summed E-state index contributed by atoms with van der Waals surface area (Å²) in [6, 6.07) is 14.5.